The summed E-state index contributed by atoms with van der Waals surface area (Å²) >= 11 is 1.59. The molecule has 1 aromatic carbocycles. The van der Waals surface area contributed by atoms with E-state index in [4.69, 9.17) is 4.74 Å². The van der Waals surface area contributed by atoms with Crippen molar-refractivity contribution in [3.8, 4) is 5.75 Å². The van der Waals surface area contributed by atoms with E-state index in [0.29, 0.717) is 25.3 Å². The van der Waals surface area contributed by atoms with Gasteiger partial charge in [0.05, 0.1) is 10.7 Å². The number of carbonyl (C=O) groups excluding carboxylic acids is 2. The monoisotopic (exact) mass is 399 g/mol. The van der Waals surface area contributed by atoms with Gasteiger partial charge in [0.25, 0.3) is 0 Å². The molecule has 1 saturated heterocycles. The van der Waals surface area contributed by atoms with Gasteiger partial charge in [-0.1, -0.05) is 18.2 Å². The summed E-state index contributed by atoms with van der Waals surface area (Å²) in [5.74, 6) is 0.582. The Balaban J connectivity index is 1.47. The zero-order chi connectivity index (χ0) is 19.8. The largest absolute Gasteiger partial charge is 0.487 e. The molecular weight excluding hydrogens is 374 g/mol. The molecule has 7 heteroatoms. The van der Waals surface area contributed by atoms with E-state index in [2.05, 4.69) is 10.3 Å². The summed E-state index contributed by atoms with van der Waals surface area (Å²) in [4.78, 5) is 30.3. The van der Waals surface area contributed by atoms with E-state index in [-0.39, 0.29) is 11.8 Å². The quantitative estimate of drug-likeness (QED) is 0.692. The number of aromatic nitrogens is 1. The zero-order valence-electron chi connectivity index (χ0n) is 16.0. The van der Waals surface area contributed by atoms with Crippen LogP contribution in [0.2, 0.25) is 0 Å². The summed E-state index contributed by atoms with van der Waals surface area (Å²) < 4.78 is 5.85. The van der Waals surface area contributed by atoms with Crippen LogP contribution < -0.4 is 10.1 Å². The fraction of sp³-hybridized carbons (Fsp3) is 0.381. The van der Waals surface area contributed by atoms with Crippen LogP contribution in [0.25, 0.3) is 6.08 Å². The van der Waals surface area contributed by atoms with E-state index >= 15 is 0 Å². The molecule has 2 heterocycles. The number of hydrogen-bond acceptors (Lipinski definition) is 5. The van der Waals surface area contributed by atoms with Gasteiger partial charge in [-0.05, 0) is 31.9 Å². The normalized spacial score (nSPS) is 13.8. The van der Waals surface area contributed by atoms with Crippen LogP contribution in [0.1, 0.15) is 35.5 Å². The first-order chi connectivity index (χ1) is 13.6. The molecule has 1 N–H and O–H groups in total. The second-order valence-corrected chi connectivity index (χ2v) is 7.71. The molecule has 0 spiro atoms. The fourth-order valence-electron chi connectivity index (χ4n) is 3.02. The minimum absolute atomic E-state index is 0.109. The summed E-state index contributed by atoms with van der Waals surface area (Å²) in [6, 6.07) is 7.54. The van der Waals surface area contributed by atoms with Crippen molar-refractivity contribution in [2.45, 2.75) is 32.8 Å². The predicted molar refractivity (Wildman–Crippen MR) is 110 cm³/mol. The van der Waals surface area contributed by atoms with Crippen molar-refractivity contribution in [2.75, 3.05) is 19.6 Å². The van der Waals surface area contributed by atoms with Gasteiger partial charge in [0.2, 0.25) is 11.8 Å². The Labute approximate surface area is 169 Å². The Kier molecular flexibility index (Phi) is 7.19. The first kappa shape index (κ1) is 20.1. The van der Waals surface area contributed by atoms with Gasteiger partial charge in [-0.15, -0.1) is 11.3 Å². The molecule has 2 amide bonds. The summed E-state index contributed by atoms with van der Waals surface area (Å²) in [5, 5.41) is 5.75. The second-order valence-electron chi connectivity index (χ2n) is 6.65. The third-order valence-corrected chi connectivity index (χ3v) is 5.29. The summed E-state index contributed by atoms with van der Waals surface area (Å²) in [6.07, 6.45) is 5.68. The number of likely N-dealkylation sites (tertiary alicyclic amines) is 1. The molecule has 0 saturated carbocycles. The van der Waals surface area contributed by atoms with E-state index in [9.17, 15) is 9.59 Å². The summed E-state index contributed by atoms with van der Waals surface area (Å²) in [5.41, 5.74) is 1.71. The lowest BCUT2D eigenvalue weighted by atomic mass is 10.2. The number of nitrogens with zero attached hydrogens (tertiary/aromatic N) is 2. The van der Waals surface area contributed by atoms with Gasteiger partial charge in [-0.3, -0.25) is 9.59 Å². The van der Waals surface area contributed by atoms with Crippen molar-refractivity contribution in [1.82, 2.24) is 15.2 Å². The van der Waals surface area contributed by atoms with Crippen LogP contribution >= 0.6 is 11.3 Å². The van der Waals surface area contributed by atoms with Crippen molar-refractivity contribution < 1.29 is 14.3 Å². The molecule has 1 aliphatic rings. The minimum atomic E-state index is -0.223. The van der Waals surface area contributed by atoms with Crippen LogP contribution in [0.15, 0.2) is 35.7 Å². The molecule has 0 unspecified atom stereocenters. The van der Waals surface area contributed by atoms with Crippen LogP contribution in [0.4, 0.5) is 0 Å². The van der Waals surface area contributed by atoms with Gasteiger partial charge < -0.3 is 15.0 Å². The molecule has 0 bridgehead atoms. The minimum Gasteiger partial charge on any atom is -0.487 e. The van der Waals surface area contributed by atoms with Crippen molar-refractivity contribution in [2.24, 2.45) is 0 Å². The smallest absolute Gasteiger partial charge is 0.244 e. The molecule has 28 heavy (non-hydrogen) atoms. The van der Waals surface area contributed by atoms with E-state index in [1.807, 2.05) is 41.5 Å². The molecule has 1 fully saturated rings. The molecule has 3 rings (SSSR count). The van der Waals surface area contributed by atoms with Crippen molar-refractivity contribution in [3.05, 3.63) is 52.0 Å². The Morgan fingerprint density at radius 2 is 2.07 bits per heavy atom. The van der Waals surface area contributed by atoms with Crippen LogP contribution in [0, 0.1) is 6.92 Å². The lowest BCUT2D eigenvalue weighted by Gasteiger charge is -2.14. The molecular formula is C21H25N3O3S. The van der Waals surface area contributed by atoms with Crippen molar-refractivity contribution >= 4 is 29.2 Å². The zero-order valence-corrected chi connectivity index (χ0v) is 16.8. The van der Waals surface area contributed by atoms with E-state index in [0.717, 1.165) is 42.2 Å². The number of para-hydroxylation sites is 1. The highest BCUT2D eigenvalue weighted by atomic mass is 32.1. The van der Waals surface area contributed by atoms with Gasteiger partial charge in [0.15, 0.2) is 0 Å². The highest BCUT2D eigenvalue weighted by Crippen LogP contribution is 2.21. The number of aryl methyl sites for hydroxylation is 1. The van der Waals surface area contributed by atoms with Crippen LogP contribution in [0.5, 0.6) is 5.75 Å². The molecule has 1 aliphatic heterocycles. The molecule has 0 aliphatic carbocycles. The number of nitrogens with one attached hydrogen (secondary N) is 1. The van der Waals surface area contributed by atoms with Gasteiger partial charge in [0.1, 0.15) is 12.4 Å². The Morgan fingerprint density at radius 1 is 1.29 bits per heavy atom. The molecule has 0 radical (unpaired) electrons. The lowest BCUT2D eigenvalue weighted by molar-refractivity contribution is -0.130. The Hall–Kier alpha value is -2.67. The van der Waals surface area contributed by atoms with Crippen LogP contribution in [0.3, 0.4) is 0 Å². The van der Waals surface area contributed by atoms with Crippen molar-refractivity contribution in [1.29, 1.82) is 0 Å². The van der Waals surface area contributed by atoms with E-state index in [1.165, 1.54) is 6.08 Å². The third kappa shape index (κ3) is 5.92. The Morgan fingerprint density at radius 3 is 2.82 bits per heavy atom. The molecule has 6 nitrogen and oxygen atoms in total. The third-order valence-electron chi connectivity index (χ3n) is 4.47. The highest BCUT2D eigenvalue weighted by Gasteiger charge is 2.17. The van der Waals surface area contributed by atoms with Gasteiger partial charge >= 0.3 is 0 Å². The van der Waals surface area contributed by atoms with Gasteiger partial charge in [-0.25, -0.2) is 4.98 Å². The second kappa shape index (κ2) is 10.0. The first-order valence-corrected chi connectivity index (χ1v) is 10.4. The average molecular weight is 400 g/mol. The SMILES string of the molecule is Cc1nc(COc2ccccc2/C=C/C(=O)NCCC(=O)N2CCCC2)cs1. The van der Waals surface area contributed by atoms with E-state index in [1.54, 1.807) is 17.4 Å². The number of thiazole rings is 1. The predicted octanol–water partition coefficient (Wildman–Crippen LogP) is 3.17. The number of amides is 2. The standard InChI is InChI=1S/C21H25N3O3S/c1-16-23-18(15-28-16)14-27-19-7-3-2-6-17(19)8-9-20(25)22-11-10-21(26)24-12-4-5-13-24/h2-3,6-9,15H,4-5,10-14H2,1H3,(H,22,25)/b9-8+. The summed E-state index contributed by atoms with van der Waals surface area (Å²) in [7, 11) is 0. The molecule has 1 aromatic heterocycles. The lowest BCUT2D eigenvalue weighted by Crippen LogP contribution is -2.32. The molecule has 2 aromatic rings. The number of rotatable bonds is 8. The number of benzene rings is 1. The number of ether oxygens (including phenoxy) is 1. The summed E-state index contributed by atoms with van der Waals surface area (Å²) in [6.45, 7) is 4.37. The topological polar surface area (TPSA) is 71.5 Å². The first-order valence-electron chi connectivity index (χ1n) is 9.48. The van der Waals surface area contributed by atoms with Gasteiger partial charge in [0, 0.05) is 43.1 Å². The Bertz CT molecular complexity index is 841. The van der Waals surface area contributed by atoms with E-state index < -0.39 is 0 Å². The number of carbonyl (C=O) groups is 2. The maximum atomic E-state index is 12.0. The van der Waals surface area contributed by atoms with Crippen molar-refractivity contribution in [3.63, 3.8) is 0 Å². The number of hydrogen-bond donors (Lipinski definition) is 1. The molecule has 148 valence electrons. The van der Waals surface area contributed by atoms with Gasteiger partial charge in [-0.2, -0.15) is 0 Å². The van der Waals surface area contributed by atoms with Crippen LogP contribution in [-0.2, 0) is 16.2 Å². The van der Waals surface area contributed by atoms with Crippen LogP contribution in [-0.4, -0.2) is 41.3 Å². The fourth-order valence-corrected chi connectivity index (χ4v) is 3.61. The maximum Gasteiger partial charge on any atom is 0.244 e. The maximum absolute atomic E-state index is 12.0. The molecule has 0 atom stereocenters. The highest BCUT2D eigenvalue weighted by molar-refractivity contribution is 7.09. The average Bonchev–Trinajstić information content (AvgIpc) is 3.37.